The minimum absolute atomic E-state index is 0.310. The molecule has 2 aromatic carbocycles. The number of H-pyrrole nitrogens is 1. The van der Waals surface area contributed by atoms with Crippen LogP contribution in [-0.2, 0) is 0 Å². The molecule has 0 radical (unpaired) electrons. The monoisotopic (exact) mass is 501 g/mol. The summed E-state index contributed by atoms with van der Waals surface area (Å²) in [6.45, 7) is 17.6. The van der Waals surface area contributed by atoms with Crippen molar-refractivity contribution in [3.63, 3.8) is 0 Å². The standard InChI is InChI=1S/C27H29FN4.C2H5N.C2H6/c1-5-25(19-9-10-19)31-18(4)21-8-7-17(3)20(15-21)13-14-29-26(6-2)22-11-12-24(28)27-23(22)16-30-32-27;1-2-3;1-2/h7-8,11-16,19H,4-6,9-10H2,1-3H3,(H,30,32);2H,1,3H2;1-2H3/b14-13+,29-26?,31-25?;;. The summed E-state index contributed by atoms with van der Waals surface area (Å²) in [6, 6.07) is 9.51. The highest BCUT2D eigenvalue weighted by Gasteiger charge is 2.26. The second-order valence-electron chi connectivity index (χ2n) is 8.48. The summed E-state index contributed by atoms with van der Waals surface area (Å²) >= 11 is 0. The number of hydrogen-bond acceptors (Lipinski definition) is 4. The lowest BCUT2D eigenvalue weighted by Crippen LogP contribution is -2.00. The van der Waals surface area contributed by atoms with Gasteiger partial charge in [-0.15, -0.1) is 0 Å². The Labute approximate surface area is 220 Å². The van der Waals surface area contributed by atoms with Gasteiger partial charge in [0.05, 0.1) is 11.9 Å². The van der Waals surface area contributed by atoms with E-state index in [0.717, 1.165) is 51.9 Å². The molecule has 5 nitrogen and oxygen atoms in total. The smallest absolute Gasteiger partial charge is 0.148 e. The van der Waals surface area contributed by atoms with Gasteiger partial charge in [0.25, 0.3) is 0 Å². The summed E-state index contributed by atoms with van der Waals surface area (Å²) < 4.78 is 14.0. The van der Waals surface area contributed by atoms with Crippen molar-refractivity contribution in [2.24, 2.45) is 21.6 Å². The summed E-state index contributed by atoms with van der Waals surface area (Å²) in [5.41, 5.74) is 12.1. The lowest BCUT2D eigenvalue weighted by molar-refractivity contribution is 0.636. The largest absolute Gasteiger partial charge is 0.405 e. The number of aromatic nitrogens is 2. The topological polar surface area (TPSA) is 79.4 Å². The predicted molar refractivity (Wildman–Crippen MR) is 158 cm³/mol. The highest BCUT2D eigenvalue weighted by Crippen LogP contribution is 2.33. The molecule has 3 N–H and O–H groups in total. The molecule has 0 amide bonds. The summed E-state index contributed by atoms with van der Waals surface area (Å²) in [7, 11) is 0. The van der Waals surface area contributed by atoms with E-state index in [4.69, 9.17) is 9.98 Å². The highest BCUT2D eigenvalue weighted by molar-refractivity contribution is 6.10. The Hall–Kier alpha value is -3.80. The number of aromatic amines is 1. The number of hydrogen-bond donors (Lipinski definition) is 2. The van der Waals surface area contributed by atoms with Crippen molar-refractivity contribution in [1.29, 1.82) is 0 Å². The predicted octanol–water partition coefficient (Wildman–Crippen LogP) is 8.23. The first-order chi connectivity index (χ1) is 17.9. The van der Waals surface area contributed by atoms with Crippen LogP contribution in [0.1, 0.15) is 75.6 Å². The van der Waals surface area contributed by atoms with Crippen molar-refractivity contribution in [3.05, 3.63) is 90.2 Å². The van der Waals surface area contributed by atoms with E-state index >= 15 is 0 Å². The molecular formula is C31H40FN5. The zero-order chi connectivity index (χ0) is 27.4. The van der Waals surface area contributed by atoms with Gasteiger partial charge in [-0.1, -0.05) is 53.0 Å². The summed E-state index contributed by atoms with van der Waals surface area (Å²) in [6.07, 6.45) is 10.9. The SMILES string of the molecule is C=C(N=C(CC)C1CC1)c1ccc(C)c(/C=C/N=C(CC)c2ccc(F)c3[nH]ncc23)c1.C=CN.CC. The molecule has 37 heavy (non-hydrogen) atoms. The number of aliphatic imine (C=N–C) groups is 2. The molecule has 1 fully saturated rings. The minimum Gasteiger partial charge on any atom is -0.405 e. The van der Waals surface area contributed by atoms with Crippen molar-refractivity contribution in [1.82, 2.24) is 10.2 Å². The molecule has 1 aromatic heterocycles. The Bertz CT molecular complexity index is 1290. The average molecular weight is 502 g/mol. The summed E-state index contributed by atoms with van der Waals surface area (Å²) in [5, 5.41) is 7.46. The van der Waals surface area contributed by atoms with E-state index in [2.05, 4.69) is 61.1 Å². The lowest BCUT2D eigenvalue weighted by Gasteiger charge is -2.08. The first-order valence-corrected chi connectivity index (χ1v) is 13.0. The van der Waals surface area contributed by atoms with Crippen molar-refractivity contribution in [3.8, 4) is 0 Å². The molecule has 6 heteroatoms. The third kappa shape index (κ3) is 7.84. The maximum Gasteiger partial charge on any atom is 0.148 e. The number of halogens is 1. The first-order valence-electron chi connectivity index (χ1n) is 13.0. The molecular weight excluding hydrogens is 461 g/mol. The normalized spacial score (nSPS) is 13.6. The Balaban J connectivity index is 0.000000898. The van der Waals surface area contributed by atoms with Crippen LogP contribution in [0.4, 0.5) is 4.39 Å². The van der Waals surface area contributed by atoms with Gasteiger partial charge in [0.15, 0.2) is 0 Å². The Morgan fingerprint density at radius 1 is 1.19 bits per heavy atom. The third-order valence-electron chi connectivity index (χ3n) is 6.00. The molecule has 0 saturated heterocycles. The zero-order valence-electron chi connectivity index (χ0n) is 22.8. The van der Waals surface area contributed by atoms with Gasteiger partial charge in [-0.3, -0.25) is 15.1 Å². The van der Waals surface area contributed by atoms with Gasteiger partial charge >= 0.3 is 0 Å². The van der Waals surface area contributed by atoms with Crippen LogP contribution in [-0.4, -0.2) is 21.6 Å². The van der Waals surface area contributed by atoms with Crippen LogP contribution in [0.15, 0.2) is 72.1 Å². The minimum atomic E-state index is -0.310. The van der Waals surface area contributed by atoms with Gasteiger partial charge < -0.3 is 5.73 Å². The molecule has 1 aliphatic rings. The first kappa shape index (κ1) is 29.4. The number of rotatable bonds is 8. The van der Waals surface area contributed by atoms with Crippen LogP contribution in [0.25, 0.3) is 22.7 Å². The van der Waals surface area contributed by atoms with Crippen LogP contribution < -0.4 is 5.73 Å². The summed E-state index contributed by atoms with van der Waals surface area (Å²) in [4.78, 5) is 9.52. The fraction of sp³-hybridized carbons (Fsp3) is 0.323. The molecule has 4 rings (SSSR count). The van der Waals surface area contributed by atoms with E-state index in [-0.39, 0.29) is 5.82 Å². The van der Waals surface area contributed by atoms with E-state index < -0.39 is 0 Å². The molecule has 0 aliphatic heterocycles. The molecule has 0 bridgehead atoms. The fourth-order valence-corrected chi connectivity index (χ4v) is 3.93. The van der Waals surface area contributed by atoms with Crippen molar-refractivity contribution in [2.75, 3.05) is 0 Å². The van der Waals surface area contributed by atoms with Crippen molar-refractivity contribution in [2.45, 2.75) is 60.3 Å². The van der Waals surface area contributed by atoms with Crippen LogP contribution in [0, 0.1) is 18.7 Å². The number of nitrogens with zero attached hydrogens (tertiary/aromatic N) is 3. The van der Waals surface area contributed by atoms with Gasteiger partial charge in [0.2, 0.25) is 0 Å². The number of aryl methyl sites for hydroxylation is 1. The van der Waals surface area contributed by atoms with Crippen molar-refractivity contribution >= 4 is 34.1 Å². The van der Waals surface area contributed by atoms with Gasteiger partial charge in [0.1, 0.15) is 11.3 Å². The Kier molecular flexibility index (Phi) is 11.7. The molecule has 0 spiro atoms. The highest BCUT2D eigenvalue weighted by atomic mass is 19.1. The molecule has 196 valence electrons. The molecule has 0 atom stereocenters. The van der Waals surface area contributed by atoms with Crippen LogP contribution in [0.5, 0.6) is 0 Å². The van der Waals surface area contributed by atoms with E-state index in [0.29, 0.717) is 11.4 Å². The molecule has 1 heterocycles. The maximum absolute atomic E-state index is 14.0. The Morgan fingerprint density at radius 3 is 2.51 bits per heavy atom. The van der Waals surface area contributed by atoms with E-state index in [1.165, 1.54) is 30.8 Å². The van der Waals surface area contributed by atoms with E-state index in [9.17, 15) is 4.39 Å². The average Bonchev–Trinajstić information content (AvgIpc) is 3.63. The molecule has 1 aliphatic carbocycles. The number of fused-ring (bicyclic) bond motifs is 1. The van der Waals surface area contributed by atoms with Crippen LogP contribution in [0.2, 0.25) is 0 Å². The molecule has 0 unspecified atom stereocenters. The quantitative estimate of drug-likeness (QED) is 0.305. The van der Waals surface area contributed by atoms with Crippen molar-refractivity contribution < 1.29 is 4.39 Å². The maximum atomic E-state index is 14.0. The number of benzene rings is 2. The van der Waals surface area contributed by atoms with Gasteiger partial charge in [0, 0.05) is 34.1 Å². The molecule has 3 aromatic rings. The fourth-order valence-electron chi connectivity index (χ4n) is 3.93. The second-order valence-corrected chi connectivity index (χ2v) is 8.48. The molecule has 1 saturated carbocycles. The zero-order valence-corrected chi connectivity index (χ0v) is 22.8. The summed E-state index contributed by atoms with van der Waals surface area (Å²) in [5.74, 6) is 0.340. The number of nitrogens with one attached hydrogen (secondary N) is 1. The second kappa shape index (κ2) is 14.7. The van der Waals surface area contributed by atoms with Crippen LogP contribution in [0.3, 0.4) is 0 Å². The third-order valence-corrected chi connectivity index (χ3v) is 6.00. The Morgan fingerprint density at radius 2 is 1.89 bits per heavy atom. The van der Waals surface area contributed by atoms with Crippen LogP contribution >= 0.6 is 0 Å². The lowest BCUT2D eigenvalue weighted by atomic mass is 10.0. The van der Waals surface area contributed by atoms with Gasteiger partial charge in [-0.25, -0.2) is 4.39 Å². The van der Waals surface area contributed by atoms with Gasteiger partial charge in [-0.2, -0.15) is 5.10 Å². The van der Waals surface area contributed by atoms with E-state index in [1.807, 2.05) is 33.0 Å². The van der Waals surface area contributed by atoms with Gasteiger partial charge in [-0.05, 0) is 80.1 Å². The number of nitrogens with two attached hydrogens (primary N) is 1. The van der Waals surface area contributed by atoms with E-state index in [1.54, 1.807) is 12.3 Å².